The molecular formula is C44H29N5. The van der Waals surface area contributed by atoms with Gasteiger partial charge >= 0.3 is 0 Å². The van der Waals surface area contributed by atoms with E-state index in [1.165, 1.54) is 21.9 Å². The average Bonchev–Trinajstić information content (AvgIpc) is 3.62. The van der Waals surface area contributed by atoms with Gasteiger partial charge in [-0.2, -0.15) is 0 Å². The molecule has 0 unspecified atom stereocenters. The van der Waals surface area contributed by atoms with E-state index in [0.717, 1.165) is 44.5 Å². The number of hydrogen-bond donors (Lipinski definition) is 0. The lowest BCUT2D eigenvalue weighted by Gasteiger charge is -2.10. The highest BCUT2D eigenvalue weighted by Crippen LogP contribution is 2.31. The third kappa shape index (κ3) is 5.53. The minimum absolute atomic E-state index is 0.648. The molecule has 0 aliphatic carbocycles. The lowest BCUT2D eigenvalue weighted by Crippen LogP contribution is -2.00. The van der Waals surface area contributed by atoms with Crippen molar-refractivity contribution in [3.8, 4) is 62.1 Å². The molecule has 0 radical (unpaired) electrons. The Hall–Kier alpha value is -6.72. The largest absolute Gasteiger partial charge is 0.299 e. The summed E-state index contributed by atoms with van der Waals surface area (Å²) < 4.78 is 2.13. The zero-order chi connectivity index (χ0) is 32.6. The number of fused-ring (bicyclic) bond motifs is 2. The number of benzene rings is 7. The Morgan fingerprint density at radius 2 is 0.796 bits per heavy atom. The highest BCUT2D eigenvalue weighted by Gasteiger charge is 2.13. The molecule has 49 heavy (non-hydrogen) atoms. The maximum absolute atomic E-state index is 4.89. The summed E-state index contributed by atoms with van der Waals surface area (Å²) in [4.78, 5) is 19.1. The molecule has 0 saturated carbocycles. The van der Waals surface area contributed by atoms with Gasteiger partial charge in [0.15, 0.2) is 17.5 Å². The molecule has 0 fully saturated rings. The van der Waals surface area contributed by atoms with E-state index in [9.17, 15) is 0 Å². The topological polar surface area (TPSA) is 56.5 Å². The molecule has 9 aromatic rings. The summed E-state index contributed by atoms with van der Waals surface area (Å²) in [5, 5.41) is 2.40. The van der Waals surface area contributed by atoms with Crippen molar-refractivity contribution in [3.63, 3.8) is 0 Å². The molecule has 2 heterocycles. The lowest BCUT2D eigenvalue weighted by atomic mass is 9.97. The van der Waals surface area contributed by atoms with E-state index < -0.39 is 0 Å². The van der Waals surface area contributed by atoms with Crippen LogP contribution in [0.25, 0.3) is 83.9 Å². The number of hydrogen-bond acceptors (Lipinski definition) is 4. The van der Waals surface area contributed by atoms with E-state index in [0.29, 0.717) is 17.5 Å². The van der Waals surface area contributed by atoms with Gasteiger partial charge in [-0.05, 0) is 69.4 Å². The summed E-state index contributed by atoms with van der Waals surface area (Å²) in [5.74, 6) is 1.96. The van der Waals surface area contributed by atoms with Crippen LogP contribution in [0.15, 0.2) is 176 Å². The van der Waals surface area contributed by atoms with E-state index in [1.54, 1.807) is 0 Å². The maximum Gasteiger partial charge on any atom is 0.164 e. The Labute approximate surface area is 283 Å². The second-order valence-corrected chi connectivity index (χ2v) is 12.0. The fourth-order valence-electron chi connectivity index (χ4n) is 6.33. The number of imidazole rings is 1. The van der Waals surface area contributed by atoms with Gasteiger partial charge in [-0.3, -0.25) is 4.57 Å². The van der Waals surface area contributed by atoms with Crippen molar-refractivity contribution in [2.45, 2.75) is 0 Å². The first-order chi connectivity index (χ1) is 24.2. The molecule has 0 saturated heterocycles. The molecule has 0 aliphatic rings. The van der Waals surface area contributed by atoms with Gasteiger partial charge < -0.3 is 0 Å². The summed E-state index contributed by atoms with van der Waals surface area (Å²) in [6.45, 7) is 0. The van der Waals surface area contributed by atoms with Crippen molar-refractivity contribution in [1.82, 2.24) is 24.5 Å². The first kappa shape index (κ1) is 28.5. The molecule has 5 heteroatoms. The molecule has 0 bridgehead atoms. The van der Waals surface area contributed by atoms with E-state index >= 15 is 0 Å². The Kier molecular flexibility index (Phi) is 7.06. The summed E-state index contributed by atoms with van der Waals surface area (Å²) in [5.41, 5.74) is 10.7. The molecule has 0 N–H and O–H groups in total. The van der Waals surface area contributed by atoms with Gasteiger partial charge in [0.1, 0.15) is 6.33 Å². The molecule has 0 aliphatic heterocycles. The number of rotatable bonds is 6. The molecular weight excluding hydrogens is 599 g/mol. The van der Waals surface area contributed by atoms with E-state index in [1.807, 2.05) is 85.2 Å². The zero-order valence-corrected chi connectivity index (χ0v) is 26.5. The van der Waals surface area contributed by atoms with Crippen LogP contribution < -0.4 is 0 Å². The van der Waals surface area contributed by atoms with Crippen LogP contribution in [0.4, 0.5) is 0 Å². The zero-order valence-electron chi connectivity index (χ0n) is 26.5. The van der Waals surface area contributed by atoms with Gasteiger partial charge in [0, 0.05) is 22.4 Å². The third-order valence-corrected chi connectivity index (χ3v) is 8.95. The SMILES string of the molecule is c1ccc(-c2nc(-c3ccccc3)nc(-c3ccc(-c4ccc5ccc(-c6ccc(-n7cnc8ccccc87)cc6)cc5c4)cc3)n2)cc1. The van der Waals surface area contributed by atoms with Crippen molar-refractivity contribution in [3.05, 3.63) is 176 Å². The minimum Gasteiger partial charge on any atom is -0.299 e. The average molecular weight is 628 g/mol. The van der Waals surface area contributed by atoms with Crippen molar-refractivity contribution in [2.75, 3.05) is 0 Å². The summed E-state index contributed by atoms with van der Waals surface area (Å²) in [6, 6.07) is 58.8. The third-order valence-electron chi connectivity index (χ3n) is 8.95. The van der Waals surface area contributed by atoms with Crippen LogP contribution in [-0.2, 0) is 0 Å². The first-order valence-corrected chi connectivity index (χ1v) is 16.3. The highest BCUT2D eigenvalue weighted by atomic mass is 15.0. The second kappa shape index (κ2) is 12.1. The predicted octanol–water partition coefficient (Wildman–Crippen LogP) is 10.7. The van der Waals surface area contributed by atoms with Crippen molar-refractivity contribution in [1.29, 1.82) is 0 Å². The molecule has 0 atom stereocenters. The second-order valence-electron chi connectivity index (χ2n) is 12.0. The quantitative estimate of drug-likeness (QED) is 0.184. The van der Waals surface area contributed by atoms with Gasteiger partial charge in [-0.1, -0.05) is 133 Å². The van der Waals surface area contributed by atoms with Gasteiger partial charge in [0.05, 0.1) is 11.0 Å². The molecule has 2 aromatic heterocycles. The molecule has 0 amide bonds. The van der Waals surface area contributed by atoms with Crippen molar-refractivity contribution < 1.29 is 0 Å². The molecule has 5 nitrogen and oxygen atoms in total. The van der Waals surface area contributed by atoms with E-state index in [-0.39, 0.29) is 0 Å². The van der Waals surface area contributed by atoms with Crippen LogP contribution in [-0.4, -0.2) is 24.5 Å². The Balaban J connectivity index is 1.02. The Morgan fingerprint density at radius 3 is 1.37 bits per heavy atom. The van der Waals surface area contributed by atoms with Gasteiger partial charge in [-0.15, -0.1) is 0 Å². The van der Waals surface area contributed by atoms with Gasteiger partial charge in [0.2, 0.25) is 0 Å². The van der Waals surface area contributed by atoms with Crippen LogP contribution in [0.2, 0.25) is 0 Å². The van der Waals surface area contributed by atoms with Crippen LogP contribution in [0.1, 0.15) is 0 Å². The Bertz CT molecular complexity index is 2520. The number of aromatic nitrogens is 5. The summed E-state index contributed by atoms with van der Waals surface area (Å²) in [6.07, 6.45) is 1.89. The monoisotopic (exact) mass is 627 g/mol. The first-order valence-electron chi connectivity index (χ1n) is 16.3. The van der Waals surface area contributed by atoms with Gasteiger partial charge in [-0.25, -0.2) is 19.9 Å². The lowest BCUT2D eigenvalue weighted by molar-refractivity contribution is 1.07. The van der Waals surface area contributed by atoms with Crippen LogP contribution in [0.5, 0.6) is 0 Å². The number of para-hydroxylation sites is 2. The normalized spacial score (nSPS) is 11.3. The number of nitrogens with zero attached hydrogens (tertiary/aromatic N) is 5. The van der Waals surface area contributed by atoms with Gasteiger partial charge in [0.25, 0.3) is 0 Å². The van der Waals surface area contributed by atoms with Crippen LogP contribution in [0, 0.1) is 0 Å². The standard InChI is InChI=1S/C44H29N5/c1-3-9-33(10-4-1)42-46-43(34-11-5-2-6-12-34)48-44(47-42)35-19-15-30(16-20-35)36-21-17-32-18-22-37(28-38(32)27-36)31-23-25-39(26-24-31)49-29-45-40-13-7-8-14-41(40)49/h1-29H. The fraction of sp³-hybridized carbons (Fsp3) is 0. The molecule has 7 aromatic carbocycles. The molecule has 0 spiro atoms. The smallest absolute Gasteiger partial charge is 0.164 e. The van der Waals surface area contributed by atoms with Crippen molar-refractivity contribution in [2.24, 2.45) is 0 Å². The molecule has 9 rings (SSSR count). The van der Waals surface area contributed by atoms with Crippen LogP contribution in [0.3, 0.4) is 0 Å². The highest BCUT2D eigenvalue weighted by molar-refractivity contribution is 5.91. The fourth-order valence-corrected chi connectivity index (χ4v) is 6.33. The Morgan fingerprint density at radius 1 is 0.347 bits per heavy atom. The maximum atomic E-state index is 4.89. The minimum atomic E-state index is 0.648. The predicted molar refractivity (Wildman–Crippen MR) is 199 cm³/mol. The molecule has 230 valence electrons. The van der Waals surface area contributed by atoms with Crippen LogP contribution >= 0.6 is 0 Å². The summed E-state index contributed by atoms with van der Waals surface area (Å²) in [7, 11) is 0. The summed E-state index contributed by atoms with van der Waals surface area (Å²) >= 11 is 0. The van der Waals surface area contributed by atoms with Crippen molar-refractivity contribution >= 4 is 21.8 Å². The van der Waals surface area contributed by atoms with E-state index in [4.69, 9.17) is 15.0 Å². The van der Waals surface area contributed by atoms with E-state index in [2.05, 4.69) is 101 Å².